The van der Waals surface area contributed by atoms with Gasteiger partial charge in [0, 0.05) is 50.2 Å². The zero-order valence-electron chi connectivity index (χ0n) is 16.0. The number of hydrogen-bond acceptors (Lipinski definition) is 6. The first-order valence-electron chi connectivity index (χ1n) is 9.70. The van der Waals surface area contributed by atoms with Crippen LogP contribution >= 0.6 is 11.6 Å². The van der Waals surface area contributed by atoms with Gasteiger partial charge in [0.25, 0.3) is 5.91 Å². The molecule has 29 heavy (non-hydrogen) atoms. The minimum Gasteiger partial charge on any atom is -0.392 e. The van der Waals surface area contributed by atoms with Gasteiger partial charge >= 0.3 is 0 Å². The number of rotatable bonds is 2. The maximum absolute atomic E-state index is 13.0. The molecule has 8 heteroatoms. The number of piperidine rings is 2. The molecule has 2 aromatic heterocycles. The number of likely N-dealkylation sites (tertiary alicyclic amines) is 1. The Balaban J connectivity index is 1.54. The molecule has 2 saturated heterocycles. The van der Waals surface area contributed by atoms with Crippen LogP contribution in [0.2, 0.25) is 5.02 Å². The van der Waals surface area contributed by atoms with Crippen molar-refractivity contribution < 1.29 is 9.90 Å². The van der Waals surface area contributed by atoms with Crippen molar-refractivity contribution in [1.82, 2.24) is 14.9 Å². The maximum Gasteiger partial charge on any atom is 0.255 e. The van der Waals surface area contributed by atoms with Crippen LogP contribution in [0.1, 0.15) is 35.2 Å². The number of aromatic nitrogens is 2. The number of hydrogen-bond donors (Lipinski definition) is 1. The van der Waals surface area contributed by atoms with Crippen LogP contribution in [-0.4, -0.2) is 58.2 Å². The SMILES string of the molecule is N#Cc1ccc(N2CC[C@@H](O)[C@]3(CCCN(C(=O)c4cncc(Cl)c4)C3)C2)nc1. The van der Waals surface area contributed by atoms with E-state index in [4.69, 9.17) is 16.9 Å². The summed E-state index contributed by atoms with van der Waals surface area (Å²) in [6.45, 7) is 2.43. The molecule has 4 heterocycles. The van der Waals surface area contributed by atoms with E-state index < -0.39 is 11.5 Å². The van der Waals surface area contributed by atoms with Gasteiger partial charge in [0.15, 0.2) is 0 Å². The quantitative estimate of drug-likeness (QED) is 0.816. The van der Waals surface area contributed by atoms with Gasteiger partial charge < -0.3 is 14.9 Å². The van der Waals surface area contributed by atoms with Crippen molar-refractivity contribution in [3.63, 3.8) is 0 Å². The lowest BCUT2D eigenvalue weighted by atomic mass is 9.71. The third-order valence-corrected chi connectivity index (χ3v) is 6.14. The van der Waals surface area contributed by atoms with Gasteiger partial charge in [0.05, 0.1) is 22.3 Å². The van der Waals surface area contributed by atoms with E-state index in [0.717, 1.165) is 18.7 Å². The lowest BCUT2D eigenvalue weighted by Gasteiger charge is -2.51. The van der Waals surface area contributed by atoms with E-state index in [0.29, 0.717) is 48.7 Å². The molecule has 2 fully saturated rings. The van der Waals surface area contributed by atoms with Gasteiger partial charge in [-0.05, 0) is 37.5 Å². The first-order valence-corrected chi connectivity index (χ1v) is 10.1. The van der Waals surface area contributed by atoms with Crippen molar-refractivity contribution in [1.29, 1.82) is 5.26 Å². The highest BCUT2D eigenvalue weighted by molar-refractivity contribution is 6.30. The van der Waals surface area contributed by atoms with Gasteiger partial charge in [-0.25, -0.2) is 4.98 Å². The number of nitriles is 1. The number of aliphatic hydroxyl groups excluding tert-OH is 1. The number of nitrogens with zero attached hydrogens (tertiary/aromatic N) is 5. The number of pyridine rings is 2. The fourth-order valence-electron chi connectivity index (χ4n) is 4.43. The minimum absolute atomic E-state index is 0.111. The summed E-state index contributed by atoms with van der Waals surface area (Å²) in [5.41, 5.74) is 0.573. The number of carbonyl (C=O) groups is 1. The Morgan fingerprint density at radius 1 is 1.28 bits per heavy atom. The summed E-state index contributed by atoms with van der Waals surface area (Å²) in [5, 5.41) is 20.3. The minimum atomic E-state index is -0.481. The predicted octanol–water partition coefficient (Wildman–Crippen LogP) is 2.50. The highest BCUT2D eigenvalue weighted by atomic mass is 35.5. The highest BCUT2D eigenvalue weighted by Crippen LogP contribution is 2.40. The first-order chi connectivity index (χ1) is 14.0. The normalized spacial score (nSPS) is 24.4. The Bertz CT molecular complexity index is 945. The van der Waals surface area contributed by atoms with Crippen LogP contribution in [-0.2, 0) is 0 Å². The second kappa shape index (κ2) is 7.97. The topological polar surface area (TPSA) is 93.4 Å². The Morgan fingerprint density at radius 3 is 2.86 bits per heavy atom. The highest BCUT2D eigenvalue weighted by Gasteiger charge is 2.46. The molecule has 7 nitrogen and oxygen atoms in total. The van der Waals surface area contributed by atoms with E-state index in [9.17, 15) is 9.90 Å². The Labute approximate surface area is 174 Å². The molecule has 0 radical (unpaired) electrons. The molecule has 150 valence electrons. The molecule has 0 saturated carbocycles. The first kappa shape index (κ1) is 19.6. The Hall–Kier alpha value is -2.69. The lowest BCUT2D eigenvalue weighted by Crippen LogP contribution is -2.60. The van der Waals surface area contributed by atoms with Crippen LogP contribution in [0.5, 0.6) is 0 Å². The van der Waals surface area contributed by atoms with Gasteiger partial charge in [-0.1, -0.05) is 11.6 Å². The standard InChI is InChI=1S/C21H22ClN5O2/c22-17-8-16(11-24-12-17)20(29)27-6-1-5-21(14-27)13-26(7-4-18(21)28)19-3-2-15(9-23)10-25-19/h2-3,8,10-12,18,28H,1,4-7,13-14H2/t18-,21-/m1/s1. The predicted molar refractivity (Wildman–Crippen MR) is 109 cm³/mol. The molecule has 1 spiro atoms. The van der Waals surface area contributed by atoms with Crippen molar-refractivity contribution in [3.05, 3.63) is 52.9 Å². The molecule has 2 atom stereocenters. The van der Waals surface area contributed by atoms with Gasteiger partial charge in [0.2, 0.25) is 0 Å². The molecule has 0 unspecified atom stereocenters. The van der Waals surface area contributed by atoms with E-state index in [1.54, 1.807) is 23.2 Å². The summed E-state index contributed by atoms with van der Waals surface area (Å²) < 4.78 is 0. The fourth-order valence-corrected chi connectivity index (χ4v) is 4.60. The van der Waals surface area contributed by atoms with E-state index in [-0.39, 0.29) is 5.91 Å². The Morgan fingerprint density at radius 2 is 2.14 bits per heavy atom. The third kappa shape index (κ3) is 3.91. The number of amides is 1. The van der Waals surface area contributed by atoms with E-state index >= 15 is 0 Å². The van der Waals surface area contributed by atoms with Crippen molar-refractivity contribution in [3.8, 4) is 6.07 Å². The smallest absolute Gasteiger partial charge is 0.255 e. The summed E-state index contributed by atoms with van der Waals surface area (Å²) in [6.07, 6.45) is 6.40. The molecule has 2 aliphatic heterocycles. The Kier molecular flexibility index (Phi) is 5.39. The largest absolute Gasteiger partial charge is 0.392 e. The number of halogens is 1. The zero-order valence-corrected chi connectivity index (χ0v) is 16.7. The van der Waals surface area contributed by atoms with E-state index in [1.165, 1.54) is 12.4 Å². The van der Waals surface area contributed by atoms with Crippen molar-refractivity contribution in [2.45, 2.75) is 25.4 Å². The number of carbonyl (C=O) groups excluding carboxylic acids is 1. The molecule has 0 aliphatic carbocycles. The second-order valence-electron chi connectivity index (χ2n) is 7.83. The van der Waals surface area contributed by atoms with Crippen molar-refractivity contribution in [2.24, 2.45) is 5.41 Å². The molecule has 1 amide bonds. The number of aliphatic hydroxyl groups is 1. The summed E-state index contributed by atoms with van der Waals surface area (Å²) in [4.78, 5) is 25.4. The van der Waals surface area contributed by atoms with Crippen LogP contribution in [0.25, 0.3) is 0 Å². The molecular formula is C21H22ClN5O2. The van der Waals surface area contributed by atoms with Crippen LogP contribution in [0.3, 0.4) is 0 Å². The summed E-state index contributed by atoms with van der Waals surface area (Å²) in [5.74, 6) is 0.678. The summed E-state index contributed by atoms with van der Waals surface area (Å²) >= 11 is 5.99. The number of anilines is 1. The van der Waals surface area contributed by atoms with Crippen molar-refractivity contribution >= 4 is 23.3 Å². The van der Waals surface area contributed by atoms with Gasteiger partial charge in [-0.15, -0.1) is 0 Å². The molecule has 0 bridgehead atoms. The molecule has 1 N–H and O–H groups in total. The van der Waals surface area contributed by atoms with Gasteiger partial charge in [0.1, 0.15) is 11.9 Å². The zero-order chi connectivity index (χ0) is 20.4. The lowest BCUT2D eigenvalue weighted by molar-refractivity contribution is -0.0362. The average Bonchev–Trinajstić information content (AvgIpc) is 2.75. The second-order valence-corrected chi connectivity index (χ2v) is 8.26. The summed E-state index contributed by atoms with van der Waals surface area (Å²) in [7, 11) is 0. The van der Waals surface area contributed by atoms with E-state index in [1.807, 2.05) is 6.07 Å². The monoisotopic (exact) mass is 411 g/mol. The average molecular weight is 412 g/mol. The summed E-state index contributed by atoms with van der Waals surface area (Å²) in [6, 6.07) is 7.30. The van der Waals surface area contributed by atoms with Crippen LogP contribution < -0.4 is 4.90 Å². The van der Waals surface area contributed by atoms with Crippen LogP contribution in [0.15, 0.2) is 36.8 Å². The molecule has 2 aromatic rings. The molecular weight excluding hydrogens is 390 g/mol. The van der Waals surface area contributed by atoms with Crippen LogP contribution in [0, 0.1) is 16.7 Å². The fraction of sp³-hybridized carbons (Fsp3) is 0.429. The third-order valence-electron chi connectivity index (χ3n) is 5.93. The van der Waals surface area contributed by atoms with Gasteiger partial charge in [-0.3, -0.25) is 9.78 Å². The van der Waals surface area contributed by atoms with Gasteiger partial charge in [-0.2, -0.15) is 5.26 Å². The van der Waals surface area contributed by atoms with E-state index in [2.05, 4.69) is 20.9 Å². The molecule has 0 aromatic carbocycles. The molecule has 2 aliphatic rings. The van der Waals surface area contributed by atoms with Crippen LogP contribution in [0.4, 0.5) is 5.82 Å². The van der Waals surface area contributed by atoms with Crippen molar-refractivity contribution in [2.75, 3.05) is 31.1 Å². The maximum atomic E-state index is 13.0. The molecule has 4 rings (SSSR count).